The number of carbonyl (C=O) groups is 1. The van der Waals surface area contributed by atoms with Crippen LogP contribution < -0.4 is 0 Å². The molecule has 1 amide bonds. The predicted molar refractivity (Wildman–Crippen MR) is 79.8 cm³/mol. The number of nitrogens with zero attached hydrogens (tertiary/aromatic N) is 1. The van der Waals surface area contributed by atoms with Gasteiger partial charge in [-0.2, -0.15) is 0 Å². The molecule has 0 N–H and O–H groups in total. The zero-order valence-electron chi connectivity index (χ0n) is 11.4. The fourth-order valence-corrected chi connectivity index (χ4v) is 4.42. The van der Waals surface area contributed by atoms with Gasteiger partial charge in [-0.25, -0.2) is 8.42 Å². The Hall–Kier alpha value is -1.07. The molecule has 2 rings (SSSR count). The van der Waals surface area contributed by atoms with E-state index in [1.807, 2.05) is 6.92 Å². The summed E-state index contributed by atoms with van der Waals surface area (Å²) in [4.78, 5) is 14.2. The molecule has 1 unspecified atom stereocenters. The number of carbonyl (C=O) groups excluding carboxylic acids is 1. The van der Waals surface area contributed by atoms with Gasteiger partial charge in [0.15, 0.2) is 9.84 Å². The van der Waals surface area contributed by atoms with E-state index in [1.165, 1.54) is 0 Å². The van der Waals surface area contributed by atoms with Crippen LogP contribution in [0.15, 0.2) is 24.3 Å². The van der Waals surface area contributed by atoms with Gasteiger partial charge >= 0.3 is 0 Å². The Morgan fingerprint density at radius 1 is 1.45 bits per heavy atom. The van der Waals surface area contributed by atoms with Gasteiger partial charge in [0.2, 0.25) is 0 Å². The summed E-state index contributed by atoms with van der Waals surface area (Å²) in [6.45, 7) is 2.53. The first-order valence-corrected chi connectivity index (χ1v) is 8.90. The van der Waals surface area contributed by atoms with Crippen molar-refractivity contribution in [3.05, 3.63) is 34.9 Å². The maximum atomic E-state index is 12.6. The highest BCUT2D eigenvalue weighted by atomic mass is 35.5. The topological polar surface area (TPSA) is 54.5 Å². The molecular formula is C14H18ClNO3S. The molecular weight excluding hydrogens is 298 g/mol. The second-order valence-corrected chi connectivity index (χ2v) is 7.73. The van der Waals surface area contributed by atoms with Crippen LogP contribution in [0, 0.1) is 0 Å². The lowest BCUT2D eigenvalue weighted by Crippen LogP contribution is -2.41. The summed E-state index contributed by atoms with van der Waals surface area (Å²) >= 11 is 5.91. The van der Waals surface area contributed by atoms with Gasteiger partial charge in [-0.05, 0) is 31.0 Å². The number of benzene rings is 1. The van der Waals surface area contributed by atoms with E-state index in [0.29, 0.717) is 23.6 Å². The molecule has 0 spiro atoms. The highest BCUT2D eigenvalue weighted by molar-refractivity contribution is 7.91. The average Bonchev–Trinajstić information content (AvgIpc) is 2.75. The number of sulfone groups is 1. The molecule has 0 saturated carbocycles. The first kappa shape index (κ1) is 15.3. The number of hydrogen-bond acceptors (Lipinski definition) is 3. The molecule has 1 aromatic rings. The Morgan fingerprint density at radius 2 is 2.20 bits per heavy atom. The van der Waals surface area contributed by atoms with E-state index in [0.717, 1.165) is 6.42 Å². The Kier molecular flexibility index (Phi) is 4.70. The van der Waals surface area contributed by atoms with Crippen LogP contribution in [0.4, 0.5) is 0 Å². The first-order valence-electron chi connectivity index (χ1n) is 6.70. The molecule has 110 valence electrons. The normalized spacial score (nSPS) is 20.8. The molecule has 1 atom stereocenters. The lowest BCUT2D eigenvalue weighted by molar-refractivity contribution is 0.0697. The molecule has 1 saturated heterocycles. The summed E-state index contributed by atoms with van der Waals surface area (Å²) in [5.41, 5.74) is 0.509. The van der Waals surface area contributed by atoms with Gasteiger partial charge in [0, 0.05) is 23.2 Å². The Bertz CT molecular complexity index is 600. The van der Waals surface area contributed by atoms with E-state index in [4.69, 9.17) is 11.6 Å². The number of hydrogen-bond donors (Lipinski definition) is 0. The van der Waals surface area contributed by atoms with Crippen molar-refractivity contribution < 1.29 is 13.2 Å². The minimum atomic E-state index is -3.00. The fraction of sp³-hybridized carbons (Fsp3) is 0.500. The minimum Gasteiger partial charge on any atom is -0.335 e. The van der Waals surface area contributed by atoms with Crippen LogP contribution in [0.5, 0.6) is 0 Å². The lowest BCUT2D eigenvalue weighted by atomic mass is 10.1. The second-order valence-electron chi connectivity index (χ2n) is 5.07. The van der Waals surface area contributed by atoms with Crippen LogP contribution in [-0.2, 0) is 9.84 Å². The van der Waals surface area contributed by atoms with Crippen LogP contribution in [0.3, 0.4) is 0 Å². The van der Waals surface area contributed by atoms with Gasteiger partial charge < -0.3 is 4.90 Å². The third-order valence-corrected chi connectivity index (χ3v) is 5.43. The number of amides is 1. The summed E-state index contributed by atoms with van der Waals surface area (Å²) in [6.07, 6.45) is 1.32. The monoisotopic (exact) mass is 315 g/mol. The Balaban J connectivity index is 2.22. The molecule has 0 radical (unpaired) electrons. The zero-order valence-corrected chi connectivity index (χ0v) is 13.0. The van der Waals surface area contributed by atoms with Crippen molar-refractivity contribution in [2.75, 3.05) is 18.1 Å². The molecule has 1 fully saturated rings. The van der Waals surface area contributed by atoms with Crippen LogP contribution in [0.1, 0.15) is 30.1 Å². The van der Waals surface area contributed by atoms with Gasteiger partial charge in [0.25, 0.3) is 5.91 Å². The molecule has 1 aromatic carbocycles. The zero-order chi connectivity index (χ0) is 14.8. The second kappa shape index (κ2) is 6.14. The summed E-state index contributed by atoms with van der Waals surface area (Å²) in [5.74, 6) is 0.0939. The van der Waals surface area contributed by atoms with Crippen LogP contribution in [0.2, 0.25) is 5.02 Å². The first-order chi connectivity index (χ1) is 9.43. The van der Waals surface area contributed by atoms with E-state index in [9.17, 15) is 13.2 Å². The van der Waals surface area contributed by atoms with E-state index in [-0.39, 0.29) is 23.5 Å². The maximum Gasteiger partial charge on any atom is 0.254 e. The average molecular weight is 316 g/mol. The largest absolute Gasteiger partial charge is 0.335 e. The molecule has 20 heavy (non-hydrogen) atoms. The van der Waals surface area contributed by atoms with Gasteiger partial charge in [0.05, 0.1) is 11.5 Å². The third kappa shape index (κ3) is 3.52. The third-order valence-electron chi connectivity index (χ3n) is 3.45. The summed E-state index contributed by atoms with van der Waals surface area (Å²) in [5, 5.41) is 0.506. The summed E-state index contributed by atoms with van der Waals surface area (Å²) in [7, 11) is -3.00. The number of rotatable bonds is 4. The van der Waals surface area contributed by atoms with Crippen molar-refractivity contribution in [2.45, 2.75) is 25.8 Å². The van der Waals surface area contributed by atoms with Crippen molar-refractivity contribution in [1.82, 2.24) is 4.90 Å². The van der Waals surface area contributed by atoms with Crippen LogP contribution in [-0.4, -0.2) is 43.3 Å². The van der Waals surface area contributed by atoms with Crippen molar-refractivity contribution in [3.8, 4) is 0 Å². The molecule has 1 aliphatic rings. The molecule has 1 aliphatic heterocycles. The Labute approximate surface area is 124 Å². The maximum absolute atomic E-state index is 12.6. The predicted octanol–water partition coefficient (Wildman–Crippen LogP) is 2.38. The SMILES string of the molecule is CCCN(C(=O)c1cccc(Cl)c1)C1CCS(=O)(=O)C1. The minimum absolute atomic E-state index is 0.0688. The molecule has 0 aliphatic carbocycles. The van der Waals surface area contributed by atoms with Gasteiger partial charge in [0.1, 0.15) is 0 Å². The smallest absolute Gasteiger partial charge is 0.254 e. The summed E-state index contributed by atoms with van der Waals surface area (Å²) < 4.78 is 23.2. The van der Waals surface area contributed by atoms with Crippen LogP contribution >= 0.6 is 11.6 Å². The highest BCUT2D eigenvalue weighted by Gasteiger charge is 2.34. The van der Waals surface area contributed by atoms with Gasteiger partial charge in [-0.15, -0.1) is 0 Å². The molecule has 1 heterocycles. The van der Waals surface area contributed by atoms with E-state index in [2.05, 4.69) is 0 Å². The van der Waals surface area contributed by atoms with Gasteiger partial charge in [-0.3, -0.25) is 4.79 Å². The van der Waals surface area contributed by atoms with E-state index < -0.39 is 9.84 Å². The van der Waals surface area contributed by atoms with Crippen molar-refractivity contribution >= 4 is 27.3 Å². The van der Waals surface area contributed by atoms with E-state index >= 15 is 0 Å². The quantitative estimate of drug-likeness (QED) is 0.857. The molecule has 4 nitrogen and oxygen atoms in total. The fourth-order valence-electron chi connectivity index (χ4n) is 2.50. The Morgan fingerprint density at radius 3 is 2.75 bits per heavy atom. The van der Waals surface area contributed by atoms with Crippen LogP contribution in [0.25, 0.3) is 0 Å². The van der Waals surface area contributed by atoms with Gasteiger partial charge in [-0.1, -0.05) is 24.6 Å². The van der Waals surface area contributed by atoms with E-state index in [1.54, 1.807) is 29.2 Å². The molecule has 0 bridgehead atoms. The highest BCUT2D eigenvalue weighted by Crippen LogP contribution is 2.21. The summed E-state index contributed by atoms with van der Waals surface area (Å²) in [6, 6.07) is 6.55. The van der Waals surface area contributed by atoms with Crippen molar-refractivity contribution in [3.63, 3.8) is 0 Å². The standard InChI is InChI=1S/C14H18ClNO3S/c1-2-7-16(13-6-8-20(18,19)10-13)14(17)11-4-3-5-12(15)9-11/h3-5,9,13H,2,6-8,10H2,1H3. The molecule has 6 heteroatoms. The lowest BCUT2D eigenvalue weighted by Gasteiger charge is -2.28. The van der Waals surface area contributed by atoms with Crippen molar-refractivity contribution in [2.24, 2.45) is 0 Å². The number of halogens is 1. The molecule has 0 aromatic heterocycles. The van der Waals surface area contributed by atoms with Crippen molar-refractivity contribution in [1.29, 1.82) is 0 Å².